The maximum absolute atomic E-state index is 14.8. The number of aliphatic imine (C=N–C) groups is 3. The summed E-state index contributed by atoms with van der Waals surface area (Å²) in [5.74, 6) is 0. The molecule has 12 heteroatoms. The Bertz CT molecular complexity index is 1500. The van der Waals surface area contributed by atoms with E-state index in [9.17, 15) is 28.8 Å². The van der Waals surface area contributed by atoms with Crippen molar-refractivity contribution in [3.63, 3.8) is 0 Å². The van der Waals surface area contributed by atoms with Crippen LogP contribution in [0.5, 0.6) is 0 Å². The highest BCUT2D eigenvalue weighted by molar-refractivity contribution is 5.33. The molecule has 0 N–H and O–H groups in total. The van der Waals surface area contributed by atoms with Gasteiger partial charge in [0.25, 0.3) is 0 Å². The van der Waals surface area contributed by atoms with Crippen LogP contribution in [0.15, 0.2) is 29.4 Å². The average molecular weight is 667 g/mol. The SMILES string of the molecule is CC1(C)CC(n2c(=O)n(C3CC(C)(C)CC(C)(CN=C=O)C3)c(=O)n(C3CC(C)(C)CC(C)(CN=C=O)C3)c2=O)CC(C)(CN=C=O)C1. The minimum atomic E-state index is -0.627. The van der Waals surface area contributed by atoms with Crippen molar-refractivity contribution in [3.8, 4) is 0 Å². The van der Waals surface area contributed by atoms with Gasteiger partial charge in [-0.15, -0.1) is 0 Å². The van der Waals surface area contributed by atoms with Gasteiger partial charge in [-0.2, -0.15) is 0 Å². The van der Waals surface area contributed by atoms with Crippen molar-refractivity contribution in [2.45, 2.75) is 138 Å². The van der Waals surface area contributed by atoms with E-state index < -0.39 is 51.4 Å². The third-order valence-electron chi connectivity index (χ3n) is 11.2. The molecule has 0 spiro atoms. The van der Waals surface area contributed by atoms with Crippen LogP contribution in [0.25, 0.3) is 0 Å². The molecular weight excluding hydrogens is 612 g/mol. The number of nitrogens with zero attached hydrogens (tertiary/aromatic N) is 6. The number of isocyanates is 3. The van der Waals surface area contributed by atoms with Crippen LogP contribution in [0, 0.1) is 32.5 Å². The summed E-state index contributed by atoms with van der Waals surface area (Å²) in [6, 6.07) is -1.61. The molecule has 1 aromatic rings. The Hall–Kier alpha value is -3.45. The Balaban J connectivity index is 2.01. The summed E-state index contributed by atoms with van der Waals surface area (Å²) in [5.41, 5.74) is -4.17. The van der Waals surface area contributed by atoms with E-state index in [0.29, 0.717) is 38.5 Å². The molecule has 0 bridgehead atoms. The van der Waals surface area contributed by atoms with Crippen LogP contribution in [0.4, 0.5) is 0 Å². The first kappa shape index (κ1) is 37.4. The van der Waals surface area contributed by atoms with Gasteiger partial charge >= 0.3 is 17.1 Å². The van der Waals surface area contributed by atoms with E-state index in [4.69, 9.17) is 0 Å². The lowest BCUT2D eigenvalue weighted by Crippen LogP contribution is -2.60. The van der Waals surface area contributed by atoms with Crippen LogP contribution in [-0.4, -0.2) is 51.6 Å². The summed E-state index contributed by atoms with van der Waals surface area (Å²) in [5, 5.41) is 0. The molecular formula is C36H54N6O6. The van der Waals surface area contributed by atoms with Gasteiger partial charge in [-0.1, -0.05) is 62.3 Å². The van der Waals surface area contributed by atoms with Crippen molar-refractivity contribution in [2.75, 3.05) is 19.6 Å². The van der Waals surface area contributed by atoms with Gasteiger partial charge in [0, 0.05) is 18.1 Å². The van der Waals surface area contributed by atoms with Crippen LogP contribution in [0.1, 0.15) is 138 Å². The van der Waals surface area contributed by atoms with E-state index in [1.54, 1.807) is 18.2 Å². The molecule has 4 rings (SSSR count). The van der Waals surface area contributed by atoms with Gasteiger partial charge in [0.1, 0.15) is 0 Å². The Morgan fingerprint density at radius 3 is 0.917 bits per heavy atom. The highest BCUT2D eigenvalue weighted by atomic mass is 16.2. The van der Waals surface area contributed by atoms with Gasteiger partial charge in [-0.25, -0.2) is 57.4 Å². The zero-order valence-electron chi connectivity index (χ0n) is 30.4. The Labute approximate surface area is 282 Å². The second-order valence-electron chi connectivity index (χ2n) is 18.8. The van der Waals surface area contributed by atoms with Gasteiger partial charge in [-0.3, -0.25) is 0 Å². The molecule has 0 radical (unpaired) electrons. The zero-order valence-corrected chi connectivity index (χ0v) is 30.4. The maximum Gasteiger partial charge on any atom is 0.336 e. The van der Waals surface area contributed by atoms with E-state index >= 15 is 0 Å². The van der Waals surface area contributed by atoms with Gasteiger partial charge in [-0.05, 0) is 90.3 Å². The molecule has 3 saturated carbocycles. The quantitative estimate of drug-likeness (QED) is 0.252. The van der Waals surface area contributed by atoms with Crippen molar-refractivity contribution in [3.05, 3.63) is 31.5 Å². The maximum atomic E-state index is 14.8. The van der Waals surface area contributed by atoms with Crippen LogP contribution < -0.4 is 17.1 Å². The molecule has 264 valence electrons. The molecule has 1 aromatic heterocycles. The van der Waals surface area contributed by atoms with E-state index in [1.165, 1.54) is 13.7 Å². The van der Waals surface area contributed by atoms with Crippen molar-refractivity contribution >= 4 is 18.2 Å². The molecule has 6 unspecified atom stereocenters. The smallest absolute Gasteiger partial charge is 0.247 e. The van der Waals surface area contributed by atoms with Crippen LogP contribution in [-0.2, 0) is 14.4 Å². The number of rotatable bonds is 9. The molecule has 0 aliphatic heterocycles. The van der Waals surface area contributed by atoms with E-state index in [-0.39, 0.29) is 35.9 Å². The molecule has 12 nitrogen and oxygen atoms in total. The lowest BCUT2D eigenvalue weighted by atomic mass is 9.62. The molecule has 0 aromatic carbocycles. The van der Waals surface area contributed by atoms with Crippen LogP contribution in [0.3, 0.4) is 0 Å². The molecule has 48 heavy (non-hydrogen) atoms. The summed E-state index contributed by atoms with van der Waals surface area (Å²) < 4.78 is 3.95. The fourth-order valence-electron chi connectivity index (χ4n) is 10.8. The zero-order chi connectivity index (χ0) is 35.9. The second kappa shape index (κ2) is 13.1. The monoisotopic (exact) mass is 666 g/mol. The van der Waals surface area contributed by atoms with Crippen molar-refractivity contribution in [1.29, 1.82) is 0 Å². The summed E-state index contributed by atoms with van der Waals surface area (Å²) in [7, 11) is 0. The van der Waals surface area contributed by atoms with Crippen LogP contribution in [0.2, 0.25) is 0 Å². The topological polar surface area (TPSA) is 154 Å². The predicted molar refractivity (Wildman–Crippen MR) is 183 cm³/mol. The number of aromatic nitrogens is 3. The van der Waals surface area contributed by atoms with Crippen molar-refractivity contribution in [2.24, 2.45) is 47.5 Å². The largest absolute Gasteiger partial charge is 0.336 e. The summed E-state index contributed by atoms with van der Waals surface area (Å²) in [4.78, 5) is 89.5. The predicted octanol–water partition coefficient (Wildman–Crippen LogP) is 5.45. The third-order valence-corrected chi connectivity index (χ3v) is 11.2. The molecule has 3 fully saturated rings. The van der Waals surface area contributed by atoms with E-state index in [1.807, 2.05) is 20.8 Å². The fraction of sp³-hybridized carbons (Fsp3) is 0.833. The minimum absolute atomic E-state index is 0.220. The normalized spacial score (nSPS) is 33.8. The first-order chi connectivity index (χ1) is 22.1. The van der Waals surface area contributed by atoms with Crippen molar-refractivity contribution < 1.29 is 14.4 Å². The van der Waals surface area contributed by atoms with Gasteiger partial charge < -0.3 is 0 Å². The molecule has 0 saturated heterocycles. The minimum Gasteiger partial charge on any atom is -0.247 e. The Kier molecular flexibility index (Phi) is 10.2. The number of carbonyl (C=O) groups excluding carboxylic acids is 3. The fourth-order valence-corrected chi connectivity index (χ4v) is 10.8. The van der Waals surface area contributed by atoms with Crippen LogP contribution >= 0.6 is 0 Å². The third kappa shape index (κ3) is 8.05. The first-order valence-electron chi connectivity index (χ1n) is 17.2. The molecule has 1 heterocycles. The summed E-state index contributed by atoms with van der Waals surface area (Å²) >= 11 is 0. The lowest BCUT2D eigenvalue weighted by molar-refractivity contribution is 0.0396. The summed E-state index contributed by atoms with van der Waals surface area (Å²) in [6.07, 6.45) is 10.0. The Morgan fingerprint density at radius 1 is 0.479 bits per heavy atom. The average Bonchev–Trinajstić information content (AvgIpc) is 2.91. The van der Waals surface area contributed by atoms with E-state index in [2.05, 4.69) is 56.5 Å². The second-order valence-corrected chi connectivity index (χ2v) is 18.8. The lowest BCUT2D eigenvalue weighted by Gasteiger charge is -2.48. The molecule has 6 atom stereocenters. The van der Waals surface area contributed by atoms with Crippen molar-refractivity contribution in [1.82, 2.24) is 13.7 Å². The molecule has 3 aliphatic rings. The Morgan fingerprint density at radius 2 is 0.708 bits per heavy atom. The number of hydrogen-bond acceptors (Lipinski definition) is 9. The first-order valence-corrected chi connectivity index (χ1v) is 17.2. The highest BCUT2D eigenvalue weighted by Gasteiger charge is 2.48. The number of hydrogen-bond donors (Lipinski definition) is 0. The highest BCUT2D eigenvalue weighted by Crippen LogP contribution is 2.53. The molecule has 0 amide bonds. The van der Waals surface area contributed by atoms with E-state index in [0.717, 1.165) is 19.3 Å². The van der Waals surface area contributed by atoms with Gasteiger partial charge in [0.2, 0.25) is 18.2 Å². The standard InChI is InChI=1S/C36H54N6O6/c1-31(2)10-25(13-34(7,16-31)19-37-22-43)40-28(46)41(26-11-32(3,4)17-35(8,14-26)20-38-23-44)30(48)42(29(40)47)27-12-33(5,6)18-36(9,15-27)21-39-24-45/h25-27H,10-21H2,1-9H3. The molecule has 3 aliphatic carbocycles. The van der Waals surface area contributed by atoms with Gasteiger partial charge in [0.15, 0.2) is 0 Å². The van der Waals surface area contributed by atoms with Gasteiger partial charge in [0.05, 0.1) is 19.6 Å². The summed E-state index contributed by atoms with van der Waals surface area (Å²) in [6.45, 7) is 19.3.